The van der Waals surface area contributed by atoms with Crippen LogP contribution in [0.15, 0.2) is 182 Å². The quantitative estimate of drug-likeness (QED) is 0.0999. The second-order valence-corrected chi connectivity index (χ2v) is 32.6. The number of hydrogen-bond donors (Lipinski definition) is 0. The molecule has 0 radical (unpaired) electrons. The zero-order valence-corrected chi connectivity index (χ0v) is 31.0. The Morgan fingerprint density at radius 1 is 0.422 bits per heavy atom. The van der Waals surface area contributed by atoms with Gasteiger partial charge in [0, 0.05) is 0 Å². The van der Waals surface area contributed by atoms with Gasteiger partial charge in [-0.25, -0.2) is 0 Å². The zero-order valence-electron chi connectivity index (χ0n) is 24.9. The Balaban J connectivity index is 1.80. The van der Waals surface area contributed by atoms with Crippen molar-refractivity contribution in [1.82, 2.24) is 0 Å². The predicted molar refractivity (Wildman–Crippen MR) is 217 cm³/mol. The SMILES string of the molecule is N#CCC(CP(I)(c1ccccc1)(c1ccccc1)c1ccccc1)P(I)(c1ccccc1)(c1ccccc1)c1ccccc1. The maximum atomic E-state index is 10.8. The molecule has 1 nitrogen and oxygen atoms in total. The Kier molecular flexibility index (Phi) is 9.33. The van der Waals surface area contributed by atoms with E-state index < -0.39 is 8.49 Å². The van der Waals surface area contributed by atoms with Crippen LogP contribution in [0, 0.1) is 11.3 Å². The zero-order chi connectivity index (χ0) is 31.3. The molecule has 0 aromatic heterocycles. The van der Waals surface area contributed by atoms with E-state index >= 15 is 0 Å². The molecular formula is C40H35I2NP2. The summed E-state index contributed by atoms with van der Waals surface area (Å²) in [6, 6.07) is 69.2. The molecular weight excluding hydrogens is 810 g/mol. The van der Waals surface area contributed by atoms with Gasteiger partial charge in [-0.15, -0.1) is 0 Å². The molecule has 0 aliphatic heterocycles. The number of hydrogen-bond acceptors (Lipinski definition) is 1. The van der Waals surface area contributed by atoms with Gasteiger partial charge < -0.3 is 0 Å². The molecule has 0 aliphatic rings. The molecule has 0 saturated carbocycles. The van der Waals surface area contributed by atoms with Gasteiger partial charge in [0.2, 0.25) is 0 Å². The van der Waals surface area contributed by atoms with Gasteiger partial charge in [0.1, 0.15) is 0 Å². The van der Waals surface area contributed by atoms with Crippen LogP contribution >= 0.6 is 52.6 Å². The Morgan fingerprint density at radius 2 is 0.667 bits per heavy atom. The third-order valence-electron chi connectivity index (χ3n) is 9.23. The van der Waals surface area contributed by atoms with Crippen molar-refractivity contribution in [3.63, 3.8) is 0 Å². The summed E-state index contributed by atoms with van der Waals surface area (Å²) in [5.41, 5.74) is -0.0102. The standard InChI is InChI=1S/C40H35I2NP2/c41-44(34-19-7-1-8-20-34,35-21-9-2-10-22-35,36-23-11-3-12-24-36)33-40(31-32-43)45(42,37-25-13-4-14-26-37,38-27-15-5-16-28-38)39-29-17-6-18-30-39/h1-30,40H,31,33H2. The molecule has 0 saturated heterocycles. The van der Waals surface area contributed by atoms with E-state index in [1.54, 1.807) is 0 Å². The molecule has 1 unspecified atom stereocenters. The van der Waals surface area contributed by atoms with Crippen molar-refractivity contribution in [2.24, 2.45) is 0 Å². The number of halogens is 2. The Bertz CT molecular complexity index is 1700. The van der Waals surface area contributed by atoms with Crippen molar-refractivity contribution in [3.05, 3.63) is 182 Å². The summed E-state index contributed by atoms with van der Waals surface area (Å²) < 4.78 is -6.67. The van der Waals surface area contributed by atoms with Gasteiger partial charge >= 0.3 is 296 Å². The number of rotatable bonds is 10. The van der Waals surface area contributed by atoms with E-state index in [1.807, 2.05) is 0 Å². The summed E-state index contributed by atoms with van der Waals surface area (Å²) >= 11 is 5.80. The third kappa shape index (κ3) is 5.19. The van der Waals surface area contributed by atoms with Crippen molar-refractivity contribution in [2.75, 3.05) is 6.16 Å². The molecule has 0 fully saturated rings. The van der Waals surface area contributed by atoms with Crippen molar-refractivity contribution in [1.29, 1.82) is 5.26 Å². The van der Waals surface area contributed by atoms with Crippen LogP contribution in [0.3, 0.4) is 0 Å². The van der Waals surface area contributed by atoms with Crippen LogP contribution < -0.4 is 31.8 Å². The van der Waals surface area contributed by atoms with E-state index in [0.29, 0.717) is 6.42 Å². The van der Waals surface area contributed by atoms with Gasteiger partial charge in [0.15, 0.2) is 0 Å². The summed E-state index contributed by atoms with van der Waals surface area (Å²) in [7, 11) is 0. The summed E-state index contributed by atoms with van der Waals surface area (Å²) in [6.07, 6.45) is 1.25. The first-order valence-corrected chi connectivity index (χ1v) is 25.4. The second-order valence-electron chi connectivity index (χ2n) is 11.5. The van der Waals surface area contributed by atoms with Gasteiger partial charge in [0.05, 0.1) is 0 Å². The van der Waals surface area contributed by atoms with Crippen molar-refractivity contribution >= 4 is 84.4 Å². The molecule has 0 spiro atoms. The van der Waals surface area contributed by atoms with Crippen LogP contribution in [0.5, 0.6) is 0 Å². The molecule has 6 aromatic rings. The Hall–Kier alpha value is -2.87. The van der Waals surface area contributed by atoms with Crippen molar-refractivity contribution in [3.8, 4) is 6.07 Å². The number of nitriles is 1. The second kappa shape index (κ2) is 13.1. The monoisotopic (exact) mass is 845 g/mol. The van der Waals surface area contributed by atoms with E-state index in [4.69, 9.17) is 0 Å². The van der Waals surface area contributed by atoms with Crippen LogP contribution in [0.2, 0.25) is 0 Å². The van der Waals surface area contributed by atoms with E-state index in [9.17, 15) is 5.26 Å². The van der Waals surface area contributed by atoms with Gasteiger partial charge in [-0.1, -0.05) is 0 Å². The molecule has 45 heavy (non-hydrogen) atoms. The first-order chi connectivity index (χ1) is 21.9. The van der Waals surface area contributed by atoms with Crippen molar-refractivity contribution < 1.29 is 0 Å². The Morgan fingerprint density at radius 3 is 0.911 bits per heavy atom. The summed E-state index contributed by atoms with van der Waals surface area (Å²) in [5, 5.41) is 18.7. The summed E-state index contributed by atoms with van der Waals surface area (Å²) in [5.74, 6) is 0. The molecule has 224 valence electrons. The fourth-order valence-corrected chi connectivity index (χ4v) is 29.3. The van der Waals surface area contributed by atoms with Crippen LogP contribution in [0.1, 0.15) is 6.42 Å². The normalized spacial score (nSPS) is 14.2. The van der Waals surface area contributed by atoms with E-state index in [0.717, 1.165) is 6.16 Å². The molecule has 0 aliphatic carbocycles. The van der Waals surface area contributed by atoms with Gasteiger partial charge in [0.25, 0.3) is 0 Å². The molecule has 6 rings (SSSR count). The number of nitrogens with zero attached hydrogens (tertiary/aromatic N) is 1. The maximum absolute atomic E-state index is 10.8. The Labute approximate surface area is 293 Å². The van der Waals surface area contributed by atoms with Crippen LogP contribution in [-0.2, 0) is 0 Å². The predicted octanol–water partition coefficient (Wildman–Crippen LogP) is 9.03. The molecule has 6 aromatic carbocycles. The number of benzene rings is 6. The summed E-state index contributed by atoms with van der Waals surface area (Å²) in [4.78, 5) is 0. The van der Waals surface area contributed by atoms with Gasteiger partial charge in [-0.2, -0.15) is 0 Å². The van der Waals surface area contributed by atoms with Crippen molar-refractivity contribution in [2.45, 2.75) is 12.1 Å². The minimum atomic E-state index is -3.40. The average molecular weight is 845 g/mol. The first-order valence-electron chi connectivity index (χ1n) is 15.1. The molecule has 1 atom stereocenters. The minimum absolute atomic E-state index is 0.0102. The third-order valence-corrected chi connectivity index (χ3v) is 34.0. The molecule has 0 bridgehead atoms. The fourth-order valence-electron chi connectivity index (χ4n) is 7.11. The first kappa shape index (κ1) is 32.1. The van der Waals surface area contributed by atoms with E-state index in [1.165, 1.54) is 31.8 Å². The van der Waals surface area contributed by atoms with Crippen LogP contribution in [0.4, 0.5) is 0 Å². The molecule has 5 heteroatoms. The van der Waals surface area contributed by atoms with Crippen LogP contribution in [-0.4, -0.2) is 11.8 Å². The molecule has 0 N–H and O–H groups in total. The average Bonchev–Trinajstić information content (AvgIpc) is 3.13. The summed E-state index contributed by atoms with van der Waals surface area (Å²) in [6.45, 7) is 0. The van der Waals surface area contributed by atoms with E-state index in [-0.39, 0.29) is 5.66 Å². The van der Waals surface area contributed by atoms with Crippen LogP contribution in [0.25, 0.3) is 0 Å². The molecule has 0 amide bonds. The fraction of sp³-hybridized carbons (Fsp3) is 0.0750. The van der Waals surface area contributed by atoms with E-state index in [2.05, 4.69) is 232 Å². The van der Waals surface area contributed by atoms with Gasteiger partial charge in [-0.05, 0) is 0 Å². The van der Waals surface area contributed by atoms with Gasteiger partial charge in [-0.3, -0.25) is 0 Å². The topological polar surface area (TPSA) is 23.8 Å². The molecule has 0 heterocycles.